The molecule has 24 heavy (non-hydrogen) atoms. The molecular formula is C18H29N3O2S. The minimum absolute atomic E-state index is 0.338. The van der Waals surface area contributed by atoms with Gasteiger partial charge >= 0.3 is 0 Å². The standard InChI is InChI=1S/C18H29N3O2S/c1-14-17(24-13-19-14)11-20(2)9-16-5-7-21(10-16)18(22)4-3-15-6-8-23-12-15/h13,15-16H,3-12H2,1-2H3/t15-,16+/m0/s1. The predicted octanol–water partition coefficient (Wildman–Crippen LogP) is 2.55. The summed E-state index contributed by atoms with van der Waals surface area (Å²) in [6.45, 7) is 7.66. The molecule has 5 nitrogen and oxygen atoms in total. The van der Waals surface area contributed by atoms with Crippen LogP contribution in [0.4, 0.5) is 0 Å². The number of aromatic nitrogens is 1. The maximum atomic E-state index is 12.4. The second-order valence-electron chi connectivity index (χ2n) is 7.32. The highest BCUT2D eigenvalue weighted by Gasteiger charge is 2.27. The van der Waals surface area contributed by atoms with Crippen molar-refractivity contribution in [1.29, 1.82) is 0 Å². The molecule has 0 unspecified atom stereocenters. The van der Waals surface area contributed by atoms with Crippen LogP contribution >= 0.6 is 11.3 Å². The van der Waals surface area contributed by atoms with Crippen LogP contribution in [-0.4, -0.2) is 60.6 Å². The van der Waals surface area contributed by atoms with Crippen molar-refractivity contribution < 1.29 is 9.53 Å². The van der Waals surface area contributed by atoms with E-state index in [4.69, 9.17) is 4.74 Å². The Labute approximate surface area is 149 Å². The number of likely N-dealkylation sites (tertiary alicyclic amines) is 1. The minimum atomic E-state index is 0.338. The van der Waals surface area contributed by atoms with Gasteiger partial charge in [0.05, 0.1) is 11.2 Å². The normalized spacial score (nSPS) is 24.2. The summed E-state index contributed by atoms with van der Waals surface area (Å²) in [5.74, 6) is 1.54. The first-order chi connectivity index (χ1) is 11.6. The number of thiazole rings is 1. The van der Waals surface area contributed by atoms with Crippen molar-refractivity contribution in [1.82, 2.24) is 14.8 Å². The number of hydrogen-bond donors (Lipinski definition) is 0. The Bertz CT molecular complexity index is 542. The maximum Gasteiger partial charge on any atom is 0.222 e. The molecule has 134 valence electrons. The average molecular weight is 352 g/mol. The maximum absolute atomic E-state index is 12.4. The third-order valence-corrected chi connectivity index (χ3v) is 6.18. The highest BCUT2D eigenvalue weighted by molar-refractivity contribution is 7.09. The smallest absolute Gasteiger partial charge is 0.222 e. The van der Waals surface area contributed by atoms with Gasteiger partial charge in [-0.1, -0.05) is 0 Å². The summed E-state index contributed by atoms with van der Waals surface area (Å²) >= 11 is 1.73. The molecule has 1 aromatic rings. The number of nitrogens with zero attached hydrogens (tertiary/aromatic N) is 3. The molecule has 2 atom stereocenters. The Kier molecular flexibility index (Phi) is 6.25. The van der Waals surface area contributed by atoms with Crippen molar-refractivity contribution in [2.45, 2.75) is 39.2 Å². The Morgan fingerprint density at radius 1 is 1.46 bits per heavy atom. The third kappa shape index (κ3) is 4.77. The molecule has 2 aliphatic heterocycles. The van der Waals surface area contributed by atoms with Crippen LogP contribution in [-0.2, 0) is 16.1 Å². The lowest BCUT2D eigenvalue weighted by atomic mass is 10.0. The van der Waals surface area contributed by atoms with Gasteiger partial charge in [-0.05, 0) is 45.1 Å². The van der Waals surface area contributed by atoms with Crippen LogP contribution in [0.2, 0.25) is 0 Å². The number of hydrogen-bond acceptors (Lipinski definition) is 5. The second kappa shape index (κ2) is 8.41. The first-order valence-electron chi connectivity index (χ1n) is 9.05. The fourth-order valence-corrected chi connectivity index (χ4v) is 4.59. The highest BCUT2D eigenvalue weighted by Crippen LogP contribution is 2.23. The van der Waals surface area contributed by atoms with E-state index in [9.17, 15) is 4.79 Å². The van der Waals surface area contributed by atoms with E-state index >= 15 is 0 Å². The lowest BCUT2D eigenvalue weighted by Crippen LogP contribution is -2.31. The average Bonchev–Trinajstić information content (AvgIpc) is 3.28. The Balaban J connectivity index is 1.38. The SMILES string of the molecule is Cc1ncsc1CN(C)C[C@H]1CCN(C(=O)CC[C@H]2CCOC2)C1. The zero-order valence-corrected chi connectivity index (χ0v) is 15.7. The van der Waals surface area contributed by atoms with E-state index in [2.05, 4.69) is 28.8 Å². The molecule has 1 amide bonds. The molecule has 2 fully saturated rings. The van der Waals surface area contributed by atoms with Crippen LogP contribution in [0.5, 0.6) is 0 Å². The minimum Gasteiger partial charge on any atom is -0.381 e. The van der Waals surface area contributed by atoms with Gasteiger partial charge in [-0.3, -0.25) is 4.79 Å². The molecule has 0 N–H and O–H groups in total. The van der Waals surface area contributed by atoms with Gasteiger partial charge in [0.2, 0.25) is 5.91 Å². The van der Waals surface area contributed by atoms with Crippen LogP contribution in [0.1, 0.15) is 36.3 Å². The second-order valence-corrected chi connectivity index (χ2v) is 8.26. The third-order valence-electron chi connectivity index (χ3n) is 5.26. The van der Waals surface area contributed by atoms with Crippen LogP contribution in [0, 0.1) is 18.8 Å². The molecule has 2 saturated heterocycles. The fraction of sp³-hybridized carbons (Fsp3) is 0.778. The highest BCUT2D eigenvalue weighted by atomic mass is 32.1. The molecule has 0 aliphatic carbocycles. The number of amides is 1. The number of rotatable bonds is 7. The van der Waals surface area contributed by atoms with Gasteiger partial charge in [-0.15, -0.1) is 11.3 Å². The number of carbonyl (C=O) groups excluding carboxylic acids is 1. The molecule has 0 saturated carbocycles. The van der Waals surface area contributed by atoms with E-state index in [1.807, 2.05) is 5.51 Å². The van der Waals surface area contributed by atoms with Gasteiger partial charge in [0.1, 0.15) is 0 Å². The molecule has 2 aliphatic rings. The fourth-order valence-electron chi connectivity index (χ4n) is 3.73. The molecule has 1 aromatic heterocycles. The van der Waals surface area contributed by atoms with E-state index in [1.54, 1.807) is 11.3 Å². The quantitative estimate of drug-likeness (QED) is 0.757. The summed E-state index contributed by atoms with van der Waals surface area (Å²) in [4.78, 5) is 22.5. The van der Waals surface area contributed by atoms with Crippen LogP contribution in [0.3, 0.4) is 0 Å². The van der Waals surface area contributed by atoms with E-state index < -0.39 is 0 Å². The van der Waals surface area contributed by atoms with E-state index in [0.717, 1.165) is 64.3 Å². The monoisotopic (exact) mass is 351 g/mol. The van der Waals surface area contributed by atoms with E-state index in [-0.39, 0.29) is 0 Å². The van der Waals surface area contributed by atoms with Gasteiger partial charge in [0, 0.05) is 50.7 Å². The number of aryl methyl sites for hydroxylation is 1. The van der Waals surface area contributed by atoms with Gasteiger partial charge < -0.3 is 14.5 Å². The number of carbonyl (C=O) groups is 1. The van der Waals surface area contributed by atoms with Crippen LogP contribution < -0.4 is 0 Å². The molecule has 6 heteroatoms. The number of ether oxygens (including phenoxy) is 1. The molecule has 0 bridgehead atoms. The lowest BCUT2D eigenvalue weighted by molar-refractivity contribution is -0.130. The summed E-state index contributed by atoms with van der Waals surface area (Å²) in [6, 6.07) is 0. The largest absolute Gasteiger partial charge is 0.381 e. The molecule has 3 heterocycles. The zero-order chi connectivity index (χ0) is 16.9. The molecule has 0 aromatic carbocycles. The lowest BCUT2D eigenvalue weighted by Gasteiger charge is -2.21. The van der Waals surface area contributed by atoms with Crippen molar-refractivity contribution in [3.63, 3.8) is 0 Å². The van der Waals surface area contributed by atoms with Gasteiger partial charge in [0.25, 0.3) is 0 Å². The van der Waals surface area contributed by atoms with Gasteiger partial charge in [-0.2, -0.15) is 0 Å². The van der Waals surface area contributed by atoms with Crippen LogP contribution in [0.25, 0.3) is 0 Å². The molecule has 0 spiro atoms. The van der Waals surface area contributed by atoms with Crippen LogP contribution in [0.15, 0.2) is 5.51 Å². The van der Waals surface area contributed by atoms with Gasteiger partial charge in [0.15, 0.2) is 0 Å². The van der Waals surface area contributed by atoms with Crippen molar-refractivity contribution in [2.75, 3.05) is 39.9 Å². The zero-order valence-electron chi connectivity index (χ0n) is 14.9. The predicted molar refractivity (Wildman–Crippen MR) is 96.0 cm³/mol. The topological polar surface area (TPSA) is 45.7 Å². The Morgan fingerprint density at radius 3 is 3.04 bits per heavy atom. The van der Waals surface area contributed by atoms with Crippen molar-refractivity contribution in [3.8, 4) is 0 Å². The van der Waals surface area contributed by atoms with Crippen molar-refractivity contribution in [3.05, 3.63) is 16.1 Å². The first kappa shape index (κ1) is 17.8. The Morgan fingerprint density at radius 2 is 2.33 bits per heavy atom. The van der Waals surface area contributed by atoms with Crippen molar-refractivity contribution in [2.24, 2.45) is 11.8 Å². The summed E-state index contributed by atoms with van der Waals surface area (Å²) < 4.78 is 5.39. The van der Waals surface area contributed by atoms with E-state index in [0.29, 0.717) is 24.2 Å². The molecule has 3 rings (SSSR count). The summed E-state index contributed by atoms with van der Waals surface area (Å²) in [5, 5.41) is 0. The first-order valence-corrected chi connectivity index (χ1v) is 9.93. The van der Waals surface area contributed by atoms with Crippen molar-refractivity contribution >= 4 is 17.2 Å². The molecule has 0 radical (unpaired) electrons. The van der Waals surface area contributed by atoms with Gasteiger partial charge in [-0.25, -0.2) is 4.98 Å². The molecular weight excluding hydrogens is 322 g/mol. The Hall–Kier alpha value is -0.980. The van der Waals surface area contributed by atoms with E-state index in [1.165, 1.54) is 4.88 Å². The summed E-state index contributed by atoms with van der Waals surface area (Å²) in [7, 11) is 2.17. The summed E-state index contributed by atoms with van der Waals surface area (Å²) in [5.41, 5.74) is 3.06. The summed E-state index contributed by atoms with van der Waals surface area (Å²) in [6.07, 6.45) is 3.93.